The summed E-state index contributed by atoms with van der Waals surface area (Å²) in [4.78, 5) is 0. The fourth-order valence-electron chi connectivity index (χ4n) is 3.30. The molecular formula is C19H19N5OS. The molecule has 3 heterocycles. The summed E-state index contributed by atoms with van der Waals surface area (Å²) < 4.78 is 6.57. The molecular weight excluding hydrogens is 346 g/mol. The summed E-state index contributed by atoms with van der Waals surface area (Å²) >= 11 is 1.65. The van der Waals surface area contributed by atoms with Crippen LogP contribution in [0.4, 0.5) is 5.82 Å². The van der Waals surface area contributed by atoms with E-state index in [0.717, 1.165) is 46.7 Å². The standard InChI is InChI=1S/C19H19N5OS/c1-25-16-9-12(10-20)4-5-14(16)17-15-6-8-26-18(15)19(24-23-17)22-13-3-2-7-21-11-13/h4-6,8-9,13,21H,2-3,7,11H2,1H3,(H,22,24)/t13-/m1/s1. The van der Waals surface area contributed by atoms with Crippen LogP contribution < -0.4 is 15.4 Å². The molecule has 0 radical (unpaired) electrons. The van der Waals surface area contributed by atoms with Gasteiger partial charge in [-0.15, -0.1) is 21.5 Å². The van der Waals surface area contributed by atoms with E-state index in [4.69, 9.17) is 10.00 Å². The second kappa shape index (κ2) is 7.28. The van der Waals surface area contributed by atoms with Crippen LogP contribution >= 0.6 is 11.3 Å². The van der Waals surface area contributed by atoms with Crippen molar-refractivity contribution in [3.63, 3.8) is 0 Å². The van der Waals surface area contributed by atoms with Gasteiger partial charge in [-0.2, -0.15) is 5.26 Å². The Morgan fingerprint density at radius 2 is 2.27 bits per heavy atom. The third-order valence-electron chi connectivity index (χ3n) is 4.61. The summed E-state index contributed by atoms with van der Waals surface area (Å²) in [5.41, 5.74) is 2.17. The van der Waals surface area contributed by atoms with Gasteiger partial charge in [0.25, 0.3) is 0 Å². The van der Waals surface area contributed by atoms with Crippen molar-refractivity contribution >= 4 is 27.2 Å². The van der Waals surface area contributed by atoms with E-state index in [1.807, 2.05) is 6.07 Å². The van der Waals surface area contributed by atoms with Crippen molar-refractivity contribution < 1.29 is 4.74 Å². The number of rotatable bonds is 4. The van der Waals surface area contributed by atoms with Crippen molar-refractivity contribution in [1.29, 1.82) is 5.26 Å². The molecule has 1 aromatic carbocycles. The predicted octanol–water partition coefficient (Wildman–Crippen LogP) is 3.40. The molecule has 0 aliphatic carbocycles. The highest BCUT2D eigenvalue weighted by molar-refractivity contribution is 7.17. The molecule has 2 N–H and O–H groups in total. The second-order valence-electron chi connectivity index (χ2n) is 6.28. The summed E-state index contributed by atoms with van der Waals surface area (Å²) in [6.45, 7) is 2.02. The number of fused-ring (bicyclic) bond motifs is 1. The SMILES string of the molecule is COc1cc(C#N)ccc1-c1nnc(N[C@@H]2CCCNC2)c2sccc12. The second-order valence-corrected chi connectivity index (χ2v) is 7.19. The molecule has 1 fully saturated rings. The molecule has 1 saturated heterocycles. The fourth-order valence-corrected chi connectivity index (χ4v) is 4.14. The van der Waals surface area contributed by atoms with E-state index < -0.39 is 0 Å². The average molecular weight is 365 g/mol. The molecule has 3 aromatic rings. The van der Waals surface area contributed by atoms with Crippen molar-refractivity contribution in [2.45, 2.75) is 18.9 Å². The fraction of sp³-hybridized carbons (Fsp3) is 0.316. The first-order valence-corrected chi connectivity index (χ1v) is 9.47. The first-order chi connectivity index (χ1) is 12.8. The molecule has 1 atom stereocenters. The molecule has 2 aromatic heterocycles. The summed E-state index contributed by atoms with van der Waals surface area (Å²) in [6.07, 6.45) is 2.30. The van der Waals surface area contributed by atoms with Gasteiger partial charge in [0.2, 0.25) is 0 Å². The number of aromatic nitrogens is 2. The quantitative estimate of drug-likeness (QED) is 0.737. The Hall–Kier alpha value is -2.69. The topological polar surface area (TPSA) is 82.9 Å². The zero-order chi connectivity index (χ0) is 17.9. The zero-order valence-corrected chi connectivity index (χ0v) is 15.3. The number of nitriles is 1. The monoisotopic (exact) mass is 365 g/mol. The number of piperidine rings is 1. The predicted molar refractivity (Wildman–Crippen MR) is 104 cm³/mol. The van der Waals surface area contributed by atoms with Gasteiger partial charge >= 0.3 is 0 Å². The van der Waals surface area contributed by atoms with Crippen molar-refractivity contribution in [3.8, 4) is 23.1 Å². The molecule has 26 heavy (non-hydrogen) atoms. The summed E-state index contributed by atoms with van der Waals surface area (Å²) in [5.74, 6) is 1.46. The van der Waals surface area contributed by atoms with Crippen LogP contribution in [-0.2, 0) is 0 Å². The lowest BCUT2D eigenvalue weighted by Gasteiger charge is -2.24. The lowest BCUT2D eigenvalue weighted by molar-refractivity contribution is 0.416. The normalized spacial score (nSPS) is 17.0. The number of hydrogen-bond acceptors (Lipinski definition) is 7. The van der Waals surface area contributed by atoms with Crippen LogP contribution in [0.15, 0.2) is 29.6 Å². The minimum Gasteiger partial charge on any atom is -0.496 e. The van der Waals surface area contributed by atoms with Crippen LogP contribution in [-0.4, -0.2) is 36.4 Å². The molecule has 7 heteroatoms. The molecule has 1 aliphatic heterocycles. The number of nitrogens with one attached hydrogen (secondary N) is 2. The van der Waals surface area contributed by atoms with Gasteiger partial charge in [-0.3, -0.25) is 0 Å². The van der Waals surface area contributed by atoms with E-state index in [9.17, 15) is 0 Å². The first kappa shape index (κ1) is 16.8. The zero-order valence-electron chi connectivity index (χ0n) is 14.5. The molecule has 132 valence electrons. The number of hydrogen-bond donors (Lipinski definition) is 2. The number of nitrogens with zero attached hydrogens (tertiary/aromatic N) is 3. The van der Waals surface area contributed by atoms with Crippen molar-refractivity contribution in [1.82, 2.24) is 15.5 Å². The number of ether oxygens (including phenoxy) is 1. The van der Waals surface area contributed by atoms with E-state index in [2.05, 4.69) is 38.3 Å². The van der Waals surface area contributed by atoms with Crippen LogP contribution in [0.1, 0.15) is 18.4 Å². The van der Waals surface area contributed by atoms with Crippen molar-refractivity contribution in [2.24, 2.45) is 0 Å². The Bertz CT molecular complexity index is 972. The maximum absolute atomic E-state index is 9.10. The highest BCUT2D eigenvalue weighted by Gasteiger charge is 2.19. The Morgan fingerprint density at radius 1 is 1.35 bits per heavy atom. The minimum absolute atomic E-state index is 0.374. The van der Waals surface area contributed by atoms with Gasteiger partial charge in [-0.05, 0) is 49.0 Å². The van der Waals surface area contributed by atoms with Gasteiger partial charge in [-0.1, -0.05) is 0 Å². The maximum Gasteiger partial charge on any atom is 0.166 e. The Balaban J connectivity index is 1.75. The van der Waals surface area contributed by atoms with Gasteiger partial charge in [0.15, 0.2) is 5.82 Å². The smallest absolute Gasteiger partial charge is 0.166 e. The van der Waals surface area contributed by atoms with Gasteiger partial charge in [0, 0.05) is 23.5 Å². The minimum atomic E-state index is 0.374. The first-order valence-electron chi connectivity index (χ1n) is 8.60. The molecule has 0 bridgehead atoms. The molecule has 0 saturated carbocycles. The van der Waals surface area contributed by atoms with E-state index >= 15 is 0 Å². The third kappa shape index (κ3) is 3.09. The van der Waals surface area contributed by atoms with Crippen LogP contribution in [0.2, 0.25) is 0 Å². The van der Waals surface area contributed by atoms with Gasteiger partial charge in [0.05, 0.1) is 23.4 Å². The molecule has 0 unspecified atom stereocenters. The van der Waals surface area contributed by atoms with Crippen LogP contribution in [0.3, 0.4) is 0 Å². The molecule has 6 nitrogen and oxygen atoms in total. The van der Waals surface area contributed by atoms with Crippen molar-refractivity contribution in [3.05, 3.63) is 35.2 Å². The summed E-state index contributed by atoms with van der Waals surface area (Å²) in [7, 11) is 1.60. The number of methoxy groups -OCH3 is 1. The van der Waals surface area contributed by atoms with Crippen LogP contribution in [0, 0.1) is 11.3 Å². The lowest BCUT2D eigenvalue weighted by atomic mass is 10.0. The van der Waals surface area contributed by atoms with Gasteiger partial charge in [-0.25, -0.2) is 0 Å². The molecule has 4 rings (SSSR count). The Kier molecular flexibility index (Phi) is 4.69. The van der Waals surface area contributed by atoms with Crippen molar-refractivity contribution in [2.75, 3.05) is 25.5 Å². The average Bonchev–Trinajstić information content (AvgIpc) is 3.19. The Morgan fingerprint density at radius 3 is 3.04 bits per heavy atom. The number of thiophene rings is 1. The largest absolute Gasteiger partial charge is 0.496 e. The Labute approximate surface area is 155 Å². The van der Waals surface area contributed by atoms with E-state index in [0.29, 0.717) is 17.4 Å². The van der Waals surface area contributed by atoms with E-state index in [1.54, 1.807) is 30.6 Å². The van der Waals surface area contributed by atoms with Gasteiger partial charge < -0.3 is 15.4 Å². The highest BCUT2D eigenvalue weighted by Crippen LogP contribution is 2.38. The third-order valence-corrected chi connectivity index (χ3v) is 5.53. The van der Waals surface area contributed by atoms with E-state index in [-0.39, 0.29) is 0 Å². The van der Waals surface area contributed by atoms with Crippen LogP contribution in [0.25, 0.3) is 21.3 Å². The molecule has 0 spiro atoms. The molecule has 0 amide bonds. The number of anilines is 1. The van der Waals surface area contributed by atoms with Crippen LogP contribution in [0.5, 0.6) is 5.75 Å². The summed E-state index contributed by atoms with van der Waals surface area (Å²) in [6, 6.07) is 9.95. The van der Waals surface area contributed by atoms with Gasteiger partial charge in [0.1, 0.15) is 11.4 Å². The van der Waals surface area contributed by atoms with E-state index in [1.165, 1.54) is 6.42 Å². The summed E-state index contributed by atoms with van der Waals surface area (Å²) in [5, 5.41) is 28.1. The maximum atomic E-state index is 9.10. The lowest BCUT2D eigenvalue weighted by Crippen LogP contribution is -2.38. The molecule has 1 aliphatic rings. The number of benzene rings is 1. The highest BCUT2D eigenvalue weighted by atomic mass is 32.1.